The SMILES string of the molecule is CCc1nc(C)c(C(=O)O)c(SC(F)F)n1. The Morgan fingerprint density at radius 1 is 1.50 bits per heavy atom. The third-order valence-corrected chi connectivity index (χ3v) is 2.53. The van der Waals surface area contributed by atoms with Crippen LogP contribution in [-0.4, -0.2) is 26.8 Å². The highest BCUT2D eigenvalue weighted by atomic mass is 32.2. The van der Waals surface area contributed by atoms with Crippen molar-refractivity contribution in [2.24, 2.45) is 0 Å². The first kappa shape index (κ1) is 12.8. The number of carboxylic acid groups (broad SMARTS) is 1. The van der Waals surface area contributed by atoms with Gasteiger partial charge in [-0.15, -0.1) is 0 Å². The summed E-state index contributed by atoms with van der Waals surface area (Å²) in [5.41, 5.74) is -0.0370. The van der Waals surface area contributed by atoms with Crippen molar-refractivity contribution in [3.05, 3.63) is 17.1 Å². The monoisotopic (exact) mass is 248 g/mol. The second-order valence-electron chi connectivity index (χ2n) is 2.94. The molecule has 0 aliphatic heterocycles. The van der Waals surface area contributed by atoms with Crippen LogP contribution in [0.2, 0.25) is 0 Å². The number of carbonyl (C=O) groups is 1. The van der Waals surface area contributed by atoms with Crippen molar-refractivity contribution in [3.8, 4) is 0 Å². The molecule has 16 heavy (non-hydrogen) atoms. The van der Waals surface area contributed by atoms with E-state index in [0.29, 0.717) is 12.2 Å². The van der Waals surface area contributed by atoms with E-state index in [0.717, 1.165) is 0 Å². The smallest absolute Gasteiger partial charge is 0.340 e. The van der Waals surface area contributed by atoms with Crippen LogP contribution in [0.15, 0.2) is 5.03 Å². The van der Waals surface area contributed by atoms with Crippen LogP contribution in [0.3, 0.4) is 0 Å². The first-order valence-electron chi connectivity index (χ1n) is 4.51. The van der Waals surface area contributed by atoms with Crippen LogP contribution >= 0.6 is 11.8 Å². The summed E-state index contributed by atoms with van der Waals surface area (Å²) >= 11 is 0.132. The zero-order valence-corrected chi connectivity index (χ0v) is 9.52. The van der Waals surface area contributed by atoms with Crippen LogP contribution in [-0.2, 0) is 6.42 Å². The molecule has 1 aromatic heterocycles. The molecule has 0 unspecified atom stereocenters. The van der Waals surface area contributed by atoms with E-state index in [1.165, 1.54) is 6.92 Å². The summed E-state index contributed by atoms with van der Waals surface area (Å²) in [5, 5.41) is 8.71. The molecular weight excluding hydrogens is 238 g/mol. The van der Waals surface area contributed by atoms with Crippen molar-refractivity contribution in [1.29, 1.82) is 0 Å². The largest absolute Gasteiger partial charge is 0.478 e. The van der Waals surface area contributed by atoms with Gasteiger partial charge in [-0.2, -0.15) is 8.78 Å². The van der Waals surface area contributed by atoms with E-state index in [4.69, 9.17) is 5.11 Å². The van der Waals surface area contributed by atoms with Gasteiger partial charge in [0.1, 0.15) is 16.4 Å². The molecule has 88 valence electrons. The summed E-state index contributed by atoms with van der Waals surface area (Å²) in [5.74, 6) is -3.62. The lowest BCUT2D eigenvalue weighted by Crippen LogP contribution is -2.10. The number of alkyl halides is 2. The number of aryl methyl sites for hydroxylation is 2. The molecule has 0 saturated heterocycles. The molecule has 0 aromatic carbocycles. The van der Waals surface area contributed by atoms with Crippen molar-refractivity contribution in [2.75, 3.05) is 0 Å². The number of aromatic nitrogens is 2. The molecule has 1 N–H and O–H groups in total. The second kappa shape index (κ2) is 5.20. The minimum Gasteiger partial charge on any atom is -0.478 e. The van der Waals surface area contributed by atoms with Crippen molar-refractivity contribution in [3.63, 3.8) is 0 Å². The minimum absolute atomic E-state index is 0.132. The van der Waals surface area contributed by atoms with E-state index in [1.54, 1.807) is 6.92 Å². The van der Waals surface area contributed by atoms with Gasteiger partial charge in [-0.05, 0) is 18.7 Å². The predicted octanol–water partition coefficient (Wildman–Crippen LogP) is 2.36. The summed E-state index contributed by atoms with van der Waals surface area (Å²) in [6.45, 7) is 3.24. The molecule has 0 aliphatic carbocycles. The third kappa shape index (κ3) is 2.88. The zero-order chi connectivity index (χ0) is 12.3. The Bertz CT molecular complexity index is 413. The fraction of sp³-hybridized carbons (Fsp3) is 0.444. The van der Waals surface area contributed by atoms with Gasteiger partial charge in [0.2, 0.25) is 0 Å². The van der Waals surface area contributed by atoms with Gasteiger partial charge in [-0.3, -0.25) is 0 Å². The topological polar surface area (TPSA) is 63.1 Å². The lowest BCUT2D eigenvalue weighted by Gasteiger charge is -2.08. The number of rotatable bonds is 4. The molecule has 7 heteroatoms. The molecule has 1 aromatic rings. The van der Waals surface area contributed by atoms with Crippen LogP contribution in [0.5, 0.6) is 0 Å². The van der Waals surface area contributed by atoms with Crippen LogP contribution in [0, 0.1) is 6.92 Å². The molecule has 0 aliphatic rings. The van der Waals surface area contributed by atoms with E-state index in [-0.39, 0.29) is 28.0 Å². The average Bonchev–Trinajstić information content (AvgIpc) is 2.14. The van der Waals surface area contributed by atoms with Gasteiger partial charge in [-0.1, -0.05) is 6.92 Å². The van der Waals surface area contributed by atoms with E-state index in [2.05, 4.69) is 9.97 Å². The van der Waals surface area contributed by atoms with Crippen LogP contribution < -0.4 is 0 Å². The Morgan fingerprint density at radius 2 is 2.12 bits per heavy atom. The normalized spacial score (nSPS) is 10.8. The number of thioether (sulfide) groups is 1. The van der Waals surface area contributed by atoms with Crippen LogP contribution in [0.4, 0.5) is 8.78 Å². The van der Waals surface area contributed by atoms with Gasteiger partial charge in [0, 0.05) is 6.42 Å². The maximum absolute atomic E-state index is 12.2. The fourth-order valence-corrected chi connectivity index (χ4v) is 1.86. The second-order valence-corrected chi connectivity index (χ2v) is 3.92. The Kier molecular flexibility index (Phi) is 4.17. The van der Waals surface area contributed by atoms with Gasteiger partial charge >= 0.3 is 5.97 Å². The fourth-order valence-electron chi connectivity index (χ4n) is 1.18. The summed E-state index contributed by atoms with van der Waals surface area (Å²) in [7, 11) is 0. The Balaban J connectivity index is 3.28. The molecule has 0 fully saturated rings. The van der Waals surface area contributed by atoms with Gasteiger partial charge in [0.15, 0.2) is 0 Å². The molecule has 4 nitrogen and oxygen atoms in total. The van der Waals surface area contributed by atoms with Gasteiger partial charge < -0.3 is 5.11 Å². The number of carboxylic acids is 1. The van der Waals surface area contributed by atoms with E-state index in [1.807, 2.05) is 0 Å². The standard InChI is InChI=1S/C9H10F2N2O2S/c1-3-5-12-4(2)6(8(14)15)7(13-5)16-9(10)11/h9H,3H2,1-2H3,(H,14,15). The average molecular weight is 248 g/mol. The van der Waals surface area contributed by atoms with Crippen molar-refractivity contribution >= 4 is 17.7 Å². The van der Waals surface area contributed by atoms with Crippen LogP contribution in [0.1, 0.15) is 28.8 Å². The highest BCUT2D eigenvalue weighted by molar-refractivity contribution is 7.99. The molecule has 0 spiro atoms. The van der Waals surface area contributed by atoms with Gasteiger partial charge in [-0.25, -0.2) is 14.8 Å². The lowest BCUT2D eigenvalue weighted by molar-refractivity contribution is 0.0690. The molecule has 0 amide bonds. The van der Waals surface area contributed by atoms with E-state index in [9.17, 15) is 13.6 Å². The van der Waals surface area contributed by atoms with E-state index >= 15 is 0 Å². The minimum atomic E-state index is -2.70. The van der Waals surface area contributed by atoms with Crippen molar-refractivity contribution in [2.45, 2.75) is 31.1 Å². The number of nitrogens with zero attached hydrogens (tertiary/aromatic N) is 2. The summed E-state index contributed by atoms with van der Waals surface area (Å²) < 4.78 is 24.5. The Morgan fingerprint density at radius 3 is 2.56 bits per heavy atom. The van der Waals surface area contributed by atoms with Gasteiger partial charge in [0.05, 0.1) is 5.69 Å². The zero-order valence-electron chi connectivity index (χ0n) is 8.70. The molecular formula is C9H10F2N2O2S. The quantitative estimate of drug-likeness (QED) is 0.654. The van der Waals surface area contributed by atoms with E-state index < -0.39 is 11.7 Å². The molecule has 0 atom stereocenters. The van der Waals surface area contributed by atoms with Crippen molar-refractivity contribution < 1.29 is 18.7 Å². The van der Waals surface area contributed by atoms with Crippen LogP contribution in [0.25, 0.3) is 0 Å². The Labute approximate surface area is 95.1 Å². The highest BCUT2D eigenvalue weighted by Gasteiger charge is 2.20. The number of hydrogen-bond acceptors (Lipinski definition) is 4. The highest BCUT2D eigenvalue weighted by Crippen LogP contribution is 2.28. The first-order chi connectivity index (χ1) is 7.45. The summed E-state index contributed by atoms with van der Waals surface area (Å²) in [6.07, 6.45) is 0.470. The predicted molar refractivity (Wildman–Crippen MR) is 55.0 cm³/mol. The molecule has 0 bridgehead atoms. The lowest BCUT2D eigenvalue weighted by atomic mass is 10.2. The maximum Gasteiger partial charge on any atom is 0.340 e. The third-order valence-electron chi connectivity index (χ3n) is 1.83. The summed E-state index contributed by atoms with van der Waals surface area (Å²) in [4.78, 5) is 18.6. The molecule has 0 saturated carbocycles. The molecule has 1 rings (SSSR count). The maximum atomic E-state index is 12.2. The Hall–Kier alpha value is -1.24. The molecule has 0 radical (unpaired) electrons. The number of hydrogen-bond donors (Lipinski definition) is 1. The molecule has 1 heterocycles. The first-order valence-corrected chi connectivity index (χ1v) is 5.39. The van der Waals surface area contributed by atoms with Gasteiger partial charge in [0.25, 0.3) is 5.76 Å². The van der Waals surface area contributed by atoms with Crippen molar-refractivity contribution in [1.82, 2.24) is 9.97 Å². The summed E-state index contributed by atoms with van der Waals surface area (Å²) in [6, 6.07) is 0. The number of aromatic carboxylic acids is 1. The number of halogens is 2.